The third-order valence-corrected chi connectivity index (χ3v) is 4.17. The van der Waals surface area contributed by atoms with Crippen LogP contribution in [0.5, 0.6) is 0 Å². The van der Waals surface area contributed by atoms with E-state index in [1.807, 2.05) is 29.0 Å². The molecule has 21 heavy (non-hydrogen) atoms. The molecule has 0 spiro atoms. The highest BCUT2D eigenvalue weighted by Crippen LogP contribution is 2.30. The quantitative estimate of drug-likeness (QED) is 0.800. The van der Waals surface area contributed by atoms with E-state index in [9.17, 15) is 0 Å². The summed E-state index contributed by atoms with van der Waals surface area (Å²) in [6, 6.07) is 6.46. The fourth-order valence-electron chi connectivity index (χ4n) is 3.12. The van der Waals surface area contributed by atoms with Crippen LogP contribution in [-0.2, 0) is 6.54 Å². The van der Waals surface area contributed by atoms with Crippen LogP contribution in [0, 0.1) is 0 Å². The van der Waals surface area contributed by atoms with E-state index in [4.69, 9.17) is 4.98 Å². The monoisotopic (exact) mass is 282 g/mol. The lowest BCUT2D eigenvalue weighted by atomic mass is 9.99. The van der Waals surface area contributed by atoms with Crippen molar-refractivity contribution in [3.8, 4) is 0 Å². The van der Waals surface area contributed by atoms with Crippen molar-refractivity contribution < 1.29 is 0 Å². The van der Waals surface area contributed by atoms with Gasteiger partial charge in [-0.15, -0.1) is 0 Å². The summed E-state index contributed by atoms with van der Waals surface area (Å²) in [6.45, 7) is 2.01. The van der Waals surface area contributed by atoms with Gasteiger partial charge in [-0.3, -0.25) is 10.00 Å². The largest absolute Gasteiger partial charge is 0.289 e. The molecule has 1 atom stereocenters. The van der Waals surface area contributed by atoms with Crippen LogP contribution in [-0.4, -0.2) is 36.2 Å². The number of likely N-dealkylation sites (tertiary alicyclic amines) is 1. The normalized spacial score (nSPS) is 20.1. The molecule has 1 unspecified atom stereocenters. The zero-order valence-electron chi connectivity index (χ0n) is 11.8. The Labute approximate surface area is 122 Å². The first-order valence-electron chi connectivity index (χ1n) is 7.43. The number of fused-ring (bicyclic) bond motifs is 1. The molecule has 4 heterocycles. The second-order valence-electron chi connectivity index (χ2n) is 5.55. The minimum Gasteiger partial charge on any atom is -0.289 e. The minimum atomic E-state index is 0.377. The first-order chi connectivity index (χ1) is 10.4. The second kappa shape index (κ2) is 5.29. The molecule has 6 heteroatoms. The number of hydrogen-bond acceptors (Lipinski definition) is 4. The molecular formula is C15H18N6. The summed E-state index contributed by atoms with van der Waals surface area (Å²) in [5, 5.41) is 11.3. The molecule has 0 radical (unpaired) electrons. The zero-order valence-corrected chi connectivity index (χ0v) is 11.8. The first kappa shape index (κ1) is 12.5. The van der Waals surface area contributed by atoms with Gasteiger partial charge in [-0.2, -0.15) is 10.2 Å². The maximum Gasteiger partial charge on any atom is 0.155 e. The van der Waals surface area contributed by atoms with Crippen molar-refractivity contribution in [3.05, 3.63) is 48.2 Å². The van der Waals surface area contributed by atoms with Crippen molar-refractivity contribution in [2.45, 2.75) is 31.8 Å². The Hall–Kier alpha value is -2.21. The molecule has 3 aromatic heterocycles. The lowest BCUT2D eigenvalue weighted by Gasteiger charge is -2.34. The van der Waals surface area contributed by atoms with E-state index in [1.165, 1.54) is 12.8 Å². The lowest BCUT2D eigenvalue weighted by Crippen LogP contribution is -2.33. The average Bonchev–Trinajstić information content (AvgIpc) is 3.18. The van der Waals surface area contributed by atoms with Gasteiger partial charge < -0.3 is 0 Å². The molecular weight excluding hydrogens is 264 g/mol. The molecule has 0 aromatic carbocycles. The van der Waals surface area contributed by atoms with Crippen LogP contribution in [0.3, 0.4) is 0 Å². The Kier molecular flexibility index (Phi) is 3.16. The van der Waals surface area contributed by atoms with Gasteiger partial charge in [-0.1, -0.05) is 6.42 Å². The van der Waals surface area contributed by atoms with Crippen molar-refractivity contribution in [2.75, 3.05) is 6.54 Å². The highest BCUT2D eigenvalue weighted by Gasteiger charge is 2.25. The molecule has 1 aliphatic rings. The molecule has 1 fully saturated rings. The van der Waals surface area contributed by atoms with Crippen LogP contribution in [0.15, 0.2) is 36.8 Å². The van der Waals surface area contributed by atoms with Crippen LogP contribution in [0.25, 0.3) is 5.65 Å². The first-order valence-corrected chi connectivity index (χ1v) is 7.43. The molecule has 6 nitrogen and oxygen atoms in total. The molecule has 108 valence electrons. The molecule has 0 amide bonds. The van der Waals surface area contributed by atoms with E-state index in [0.29, 0.717) is 6.04 Å². The molecule has 0 bridgehead atoms. The number of rotatable bonds is 3. The van der Waals surface area contributed by atoms with Gasteiger partial charge in [0.2, 0.25) is 0 Å². The van der Waals surface area contributed by atoms with Crippen LogP contribution in [0.2, 0.25) is 0 Å². The average molecular weight is 282 g/mol. The predicted octanol–water partition coefficient (Wildman–Crippen LogP) is 2.18. The van der Waals surface area contributed by atoms with Crippen LogP contribution in [0.1, 0.15) is 36.7 Å². The maximum absolute atomic E-state index is 4.77. The SMILES string of the molecule is c1cc(CN2CCCCC2c2ccn3nccc3n2)[nH]n1. The molecule has 0 saturated carbocycles. The fraction of sp³-hybridized carbons (Fsp3) is 0.400. The Balaban J connectivity index is 1.63. The van der Waals surface area contributed by atoms with Gasteiger partial charge in [0, 0.05) is 30.7 Å². The molecule has 1 aliphatic heterocycles. The van der Waals surface area contributed by atoms with Crippen LogP contribution in [0.4, 0.5) is 0 Å². The van der Waals surface area contributed by atoms with Crippen molar-refractivity contribution in [3.63, 3.8) is 0 Å². The van der Waals surface area contributed by atoms with Gasteiger partial charge in [-0.25, -0.2) is 9.50 Å². The fourth-order valence-corrected chi connectivity index (χ4v) is 3.12. The van der Waals surface area contributed by atoms with Gasteiger partial charge in [-0.05, 0) is 31.5 Å². The van der Waals surface area contributed by atoms with E-state index in [1.54, 1.807) is 6.20 Å². The maximum atomic E-state index is 4.77. The number of hydrogen-bond donors (Lipinski definition) is 1. The van der Waals surface area contributed by atoms with Crippen LogP contribution >= 0.6 is 0 Å². The second-order valence-corrected chi connectivity index (χ2v) is 5.55. The third-order valence-electron chi connectivity index (χ3n) is 4.17. The summed E-state index contributed by atoms with van der Waals surface area (Å²) >= 11 is 0. The smallest absolute Gasteiger partial charge is 0.155 e. The van der Waals surface area contributed by atoms with E-state index in [0.717, 1.165) is 36.5 Å². The van der Waals surface area contributed by atoms with Gasteiger partial charge >= 0.3 is 0 Å². The Morgan fingerprint density at radius 2 is 2.19 bits per heavy atom. The number of nitrogens with zero attached hydrogens (tertiary/aromatic N) is 5. The van der Waals surface area contributed by atoms with E-state index >= 15 is 0 Å². The van der Waals surface area contributed by atoms with Gasteiger partial charge in [0.15, 0.2) is 5.65 Å². The van der Waals surface area contributed by atoms with Crippen molar-refractivity contribution in [2.24, 2.45) is 0 Å². The summed E-state index contributed by atoms with van der Waals surface area (Å²) in [4.78, 5) is 7.26. The Morgan fingerprint density at radius 3 is 3.10 bits per heavy atom. The number of piperidine rings is 1. The third kappa shape index (κ3) is 2.42. The summed E-state index contributed by atoms with van der Waals surface area (Å²) in [6.07, 6.45) is 9.27. The van der Waals surface area contributed by atoms with Crippen molar-refractivity contribution >= 4 is 5.65 Å². The number of H-pyrrole nitrogens is 1. The lowest BCUT2D eigenvalue weighted by molar-refractivity contribution is 0.135. The summed E-state index contributed by atoms with van der Waals surface area (Å²) < 4.78 is 1.81. The van der Waals surface area contributed by atoms with Gasteiger partial charge in [0.05, 0.1) is 17.9 Å². The number of aromatic amines is 1. The summed E-state index contributed by atoms with van der Waals surface area (Å²) in [5.74, 6) is 0. The summed E-state index contributed by atoms with van der Waals surface area (Å²) in [5.41, 5.74) is 3.22. The number of aromatic nitrogens is 5. The predicted molar refractivity (Wildman–Crippen MR) is 78.6 cm³/mol. The Morgan fingerprint density at radius 1 is 1.19 bits per heavy atom. The van der Waals surface area contributed by atoms with Gasteiger partial charge in [0.1, 0.15) is 0 Å². The molecule has 3 aromatic rings. The Bertz CT molecular complexity index is 717. The van der Waals surface area contributed by atoms with Crippen molar-refractivity contribution in [1.82, 2.24) is 29.7 Å². The molecule has 1 saturated heterocycles. The zero-order chi connectivity index (χ0) is 14.1. The summed E-state index contributed by atoms with van der Waals surface area (Å²) in [7, 11) is 0. The highest BCUT2D eigenvalue weighted by molar-refractivity contribution is 5.37. The minimum absolute atomic E-state index is 0.377. The molecule has 1 N–H and O–H groups in total. The molecule has 4 rings (SSSR count). The van der Waals surface area contributed by atoms with E-state index in [2.05, 4.69) is 26.3 Å². The van der Waals surface area contributed by atoms with Crippen LogP contribution < -0.4 is 0 Å². The molecule has 0 aliphatic carbocycles. The number of nitrogens with one attached hydrogen (secondary N) is 1. The topological polar surface area (TPSA) is 62.1 Å². The van der Waals surface area contributed by atoms with E-state index < -0.39 is 0 Å². The van der Waals surface area contributed by atoms with Gasteiger partial charge in [0.25, 0.3) is 0 Å². The standard InChI is InChI=1S/C15H18N6/c1-2-9-20(11-12-4-7-16-19-12)14(3-1)13-6-10-21-15(18-13)5-8-17-21/h4-8,10,14H,1-3,9,11H2,(H,16,19). The van der Waals surface area contributed by atoms with Crippen molar-refractivity contribution in [1.29, 1.82) is 0 Å². The van der Waals surface area contributed by atoms with E-state index in [-0.39, 0.29) is 0 Å². The highest BCUT2D eigenvalue weighted by atomic mass is 15.2.